The standard InChI is InChI=1S/C34H28O21/c35-15-1-11(2-16(36)25(15)41)32(48)53-22-8-14(6-20(40)28(22)44)34(50)54-21-7-13(5-19(39)27(21)43)31(47)52-9-23-29(45)30(46)24(10-51-23)55-33(49)12-3-17(37)26(42)18(38)4-12/h1-8,23-24,29-30,35-46H,9-10H2/t23-,24+,29-,30-/m1/s1. The van der Waals surface area contributed by atoms with E-state index < -0.39 is 153 Å². The molecule has 290 valence electrons. The predicted octanol–water partition coefficient (Wildman–Crippen LogP) is 0.684. The van der Waals surface area contributed by atoms with Crippen molar-refractivity contribution in [3.8, 4) is 69.0 Å². The lowest BCUT2D eigenvalue weighted by Gasteiger charge is -2.36. The number of carbonyl (C=O) groups is 4. The first-order chi connectivity index (χ1) is 25.9. The first-order valence-electron chi connectivity index (χ1n) is 15.3. The highest BCUT2D eigenvalue weighted by Gasteiger charge is 2.41. The fourth-order valence-electron chi connectivity index (χ4n) is 4.89. The quantitative estimate of drug-likeness (QED) is 0.0632. The molecule has 21 heteroatoms. The SMILES string of the molecule is O=C(OC[C@H]1OC[C@H](OC(=O)c2cc(O)c(O)c(O)c2)[C@@H](O)[C@@H]1O)c1cc(O)c(O)c(OC(=O)c2cc(O)c(O)c(OC(=O)c3cc(O)c(O)c(O)c3)c2)c1. The summed E-state index contributed by atoms with van der Waals surface area (Å²) in [5, 5.41) is 119. The van der Waals surface area contributed by atoms with Crippen molar-refractivity contribution in [2.75, 3.05) is 13.2 Å². The molecule has 0 radical (unpaired) electrons. The molecule has 5 rings (SSSR count). The fraction of sp³-hybridized carbons (Fsp3) is 0.176. The lowest BCUT2D eigenvalue weighted by atomic mass is 10.0. The van der Waals surface area contributed by atoms with Crippen molar-refractivity contribution in [2.45, 2.75) is 24.4 Å². The molecule has 1 fully saturated rings. The number of ether oxygens (including phenoxy) is 5. The molecule has 1 heterocycles. The van der Waals surface area contributed by atoms with Gasteiger partial charge in [-0.25, -0.2) is 19.2 Å². The normalized spacial score (nSPS) is 17.9. The van der Waals surface area contributed by atoms with Crippen LogP contribution < -0.4 is 9.47 Å². The summed E-state index contributed by atoms with van der Waals surface area (Å²) in [5.74, 6) is -16.3. The molecule has 0 amide bonds. The first kappa shape index (κ1) is 38.9. The van der Waals surface area contributed by atoms with Crippen LogP contribution in [0.25, 0.3) is 0 Å². The van der Waals surface area contributed by atoms with Gasteiger partial charge in [0.2, 0.25) is 11.5 Å². The van der Waals surface area contributed by atoms with Crippen molar-refractivity contribution in [1.82, 2.24) is 0 Å². The highest BCUT2D eigenvalue weighted by molar-refractivity contribution is 5.96. The Bertz CT molecular complexity index is 2150. The molecule has 4 atom stereocenters. The summed E-state index contributed by atoms with van der Waals surface area (Å²) in [5.41, 5.74) is -2.13. The van der Waals surface area contributed by atoms with Crippen molar-refractivity contribution in [3.05, 3.63) is 70.8 Å². The van der Waals surface area contributed by atoms with Crippen LogP contribution >= 0.6 is 0 Å². The number of phenolic OH excluding ortho intramolecular Hbond substituents is 10. The predicted molar refractivity (Wildman–Crippen MR) is 174 cm³/mol. The molecule has 55 heavy (non-hydrogen) atoms. The van der Waals surface area contributed by atoms with E-state index in [-0.39, 0.29) is 0 Å². The fourth-order valence-corrected chi connectivity index (χ4v) is 4.89. The molecule has 1 saturated heterocycles. The second-order valence-corrected chi connectivity index (χ2v) is 11.6. The van der Waals surface area contributed by atoms with Crippen LogP contribution in [0, 0.1) is 0 Å². The van der Waals surface area contributed by atoms with Crippen molar-refractivity contribution in [3.63, 3.8) is 0 Å². The summed E-state index contributed by atoms with van der Waals surface area (Å²) in [6, 6.07) is 5.75. The average Bonchev–Trinajstić information content (AvgIpc) is 3.13. The number of aliphatic hydroxyl groups is 2. The van der Waals surface area contributed by atoms with Crippen molar-refractivity contribution in [2.24, 2.45) is 0 Å². The number of aromatic hydroxyl groups is 10. The smallest absolute Gasteiger partial charge is 0.343 e. The largest absolute Gasteiger partial charge is 0.504 e. The number of benzene rings is 4. The van der Waals surface area contributed by atoms with Crippen LogP contribution in [0.3, 0.4) is 0 Å². The Balaban J connectivity index is 1.23. The molecule has 12 N–H and O–H groups in total. The third-order valence-corrected chi connectivity index (χ3v) is 7.82. The molecule has 21 nitrogen and oxygen atoms in total. The van der Waals surface area contributed by atoms with E-state index in [1.807, 2.05) is 0 Å². The van der Waals surface area contributed by atoms with E-state index in [9.17, 15) is 80.5 Å². The highest BCUT2D eigenvalue weighted by Crippen LogP contribution is 2.41. The third kappa shape index (κ3) is 8.17. The van der Waals surface area contributed by atoms with Crippen LogP contribution in [-0.4, -0.2) is 123 Å². The molecule has 0 saturated carbocycles. The maximum atomic E-state index is 13.0. The number of esters is 4. The minimum Gasteiger partial charge on any atom is -0.504 e. The Morgan fingerprint density at radius 3 is 1.31 bits per heavy atom. The topological polar surface area (TPSA) is 357 Å². The molecule has 1 aliphatic heterocycles. The zero-order valence-electron chi connectivity index (χ0n) is 27.4. The van der Waals surface area contributed by atoms with Crippen LogP contribution in [0.2, 0.25) is 0 Å². The second-order valence-electron chi connectivity index (χ2n) is 11.6. The number of carbonyl (C=O) groups excluding carboxylic acids is 4. The minimum atomic E-state index is -1.82. The number of aliphatic hydroxyl groups excluding tert-OH is 2. The van der Waals surface area contributed by atoms with Crippen LogP contribution in [0.15, 0.2) is 48.5 Å². The number of hydrogen-bond acceptors (Lipinski definition) is 21. The van der Waals surface area contributed by atoms with Gasteiger partial charge in [-0.3, -0.25) is 0 Å². The molecule has 4 aromatic rings. The van der Waals surface area contributed by atoms with Gasteiger partial charge in [-0.15, -0.1) is 0 Å². The van der Waals surface area contributed by atoms with Crippen LogP contribution in [0.5, 0.6) is 69.0 Å². The Morgan fingerprint density at radius 1 is 0.509 bits per heavy atom. The zero-order valence-corrected chi connectivity index (χ0v) is 27.4. The van der Waals surface area contributed by atoms with E-state index in [1.54, 1.807) is 0 Å². The maximum absolute atomic E-state index is 13.0. The average molecular weight is 773 g/mol. The Morgan fingerprint density at radius 2 is 0.873 bits per heavy atom. The molecular formula is C34H28O21. The van der Waals surface area contributed by atoms with Crippen molar-refractivity contribution < 1.29 is 104 Å². The van der Waals surface area contributed by atoms with Crippen molar-refractivity contribution >= 4 is 23.9 Å². The van der Waals surface area contributed by atoms with Gasteiger partial charge in [0.05, 0.1) is 28.9 Å². The summed E-state index contributed by atoms with van der Waals surface area (Å²) < 4.78 is 25.5. The van der Waals surface area contributed by atoms with Gasteiger partial charge in [0.1, 0.15) is 24.9 Å². The minimum absolute atomic E-state index is 0.420. The molecule has 0 bridgehead atoms. The summed E-state index contributed by atoms with van der Waals surface area (Å²) in [4.78, 5) is 50.8. The number of phenols is 10. The molecule has 0 unspecified atom stereocenters. The zero-order chi connectivity index (χ0) is 40.5. The van der Waals surface area contributed by atoms with Gasteiger partial charge in [-0.2, -0.15) is 0 Å². The van der Waals surface area contributed by atoms with E-state index in [0.717, 1.165) is 18.2 Å². The highest BCUT2D eigenvalue weighted by atomic mass is 16.6. The summed E-state index contributed by atoms with van der Waals surface area (Å²) in [7, 11) is 0. The van der Waals surface area contributed by atoms with Gasteiger partial charge in [-0.05, 0) is 48.5 Å². The van der Waals surface area contributed by atoms with E-state index in [4.69, 9.17) is 23.7 Å². The Kier molecular flexibility index (Phi) is 10.8. The Labute approximate surface area is 305 Å². The number of hydrogen-bond donors (Lipinski definition) is 12. The van der Waals surface area contributed by atoms with Gasteiger partial charge < -0.3 is 85.0 Å². The van der Waals surface area contributed by atoms with Crippen LogP contribution in [-0.2, 0) is 14.2 Å². The molecular weight excluding hydrogens is 744 g/mol. The molecule has 1 aliphatic rings. The molecule has 0 aromatic heterocycles. The second kappa shape index (κ2) is 15.3. The summed E-state index contributed by atoms with van der Waals surface area (Å²) in [6.07, 6.45) is -6.52. The maximum Gasteiger partial charge on any atom is 0.343 e. The van der Waals surface area contributed by atoms with Gasteiger partial charge in [-0.1, -0.05) is 0 Å². The lowest BCUT2D eigenvalue weighted by molar-refractivity contribution is -0.196. The lowest BCUT2D eigenvalue weighted by Crippen LogP contribution is -2.55. The first-order valence-corrected chi connectivity index (χ1v) is 15.3. The van der Waals surface area contributed by atoms with Gasteiger partial charge in [0, 0.05) is 0 Å². The monoisotopic (exact) mass is 772 g/mol. The van der Waals surface area contributed by atoms with E-state index in [0.29, 0.717) is 30.3 Å². The molecule has 0 spiro atoms. The summed E-state index contributed by atoms with van der Waals surface area (Å²) >= 11 is 0. The van der Waals surface area contributed by atoms with Crippen LogP contribution in [0.4, 0.5) is 0 Å². The Hall–Kier alpha value is -7.36. The third-order valence-electron chi connectivity index (χ3n) is 7.82. The van der Waals surface area contributed by atoms with Gasteiger partial charge in [0.15, 0.2) is 63.6 Å². The number of rotatable bonds is 9. The van der Waals surface area contributed by atoms with Gasteiger partial charge in [0.25, 0.3) is 0 Å². The van der Waals surface area contributed by atoms with E-state index in [2.05, 4.69) is 0 Å². The van der Waals surface area contributed by atoms with Crippen LogP contribution in [0.1, 0.15) is 41.4 Å². The molecule has 0 aliphatic carbocycles. The summed E-state index contributed by atoms with van der Waals surface area (Å²) in [6.45, 7) is -1.29. The van der Waals surface area contributed by atoms with Crippen molar-refractivity contribution in [1.29, 1.82) is 0 Å². The van der Waals surface area contributed by atoms with Gasteiger partial charge >= 0.3 is 23.9 Å². The van der Waals surface area contributed by atoms with E-state index >= 15 is 0 Å². The van der Waals surface area contributed by atoms with E-state index in [1.165, 1.54) is 0 Å². The molecule has 4 aromatic carbocycles.